The van der Waals surface area contributed by atoms with Gasteiger partial charge in [-0.2, -0.15) is 0 Å². The molecule has 3 heterocycles. The fourth-order valence-electron chi connectivity index (χ4n) is 2.53. The van der Waals surface area contributed by atoms with Gasteiger partial charge in [0.1, 0.15) is 10.1 Å². The number of nitrogens with zero attached hydrogens (tertiary/aromatic N) is 1. The summed E-state index contributed by atoms with van der Waals surface area (Å²) in [5.41, 5.74) is 2.01. The van der Waals surface area contributed by atoms with Gasteiger partial charge in [-0.3, -0.25) is 9.78 Å². The lowest BCUT2D eigenvalue weighted by molar-refractivity contribution is -0.115. The maximum Gasteiger partial charge on any atom is 0.335 e. The summed E-state index contributed by atoms with van der Waals surface area (Å²) in [7, 11) is 0. The van der Waals surface area contributed by atoms with Crippen LogP contribution in [0.3, 0.4) is 0 Å². The number of hydrogen-bond acceptors (Lipinski definition) is 6. The Morgan fingerprint density at radius 3 is 2.71 bits per heavy atom. The predicted molar refractivity (Wildman–Crippen MR) is 110 cm³/mol. The van der Waals surface area contributed by atoms with Crippen LogP contribution in [0.25, 0.3) is 17.0 Å². The van der Waals surface area contributed by atoms with Crippen LogP contribution in [0.1, 0.15) is 27.2 Å². The first-order valence-corrected chi connectivity index (χ1v) is 9.20. The summed E-state index contributed by atoms with van der Waals surface area (Å²) < 4.78 is 6.26. The molecule has 1 amide bonds. The van der Waals surface area contributed by atoms with Gasteiger partial charge in [-0.05, 0) is 30.3 Å². The van der Waals surface area contributed by atoms with Gasteiger partial charge in [0, 0.05) is 29.4 Å². The van der Waals surface area contributed by atoms with E-state index in [1.54, 1.807) is 36.7 Å². The Hall–Kier alpha value is -3.41. The van der Waals surface area contributed by atoms with Crippen LogP contribution in [0.15, 0.2) is 52.0 Å². The zero-order valence-electron chi connectivity index (χ0n) is 14.1. The normalized spacial score (nSPS) is 14.8. The molecule has 28 heavy (non-hydrogen) atoms. The zero-order valence-corrected chi connectivity index (χ0v) is 15.7. The molecule has 4 rings (SSSR count). The highest BCUT2D eigenvalue weighted by Crippen LogP contribution is 2.29. The van der Waals surface area contributed by atoms with Crippen molar-refractivity contribution < 1.29 is 19.1 Å². The summed E-state index contributed by atoms with van der Waals surface area (Å²) in [5.74, 6) is 5.23. The van der Waals surface area contributed by atoms with E-state index in [0.29, 0.717) is 31.7 Å². The van der Waals surface area contributed by atoms with E-state index in [-0.39, 0.29) is 11.5 Å². The summed E-state index contributed by atoms with van der Waals surface area (Å²) in [6.07, 6.45) is 4.87. The maximum absolute atomic E-state index is 11.8. The minimum absolute atomic E-state index is 0.200. The lowest BCUT2D eigenvalue weighted by atomic mass is 10.1. The molecule has 0 spiro atoms. The molecule has 3 aromatic rings. The molecule has 0 bridgehead atoms. The first-order chi connectivity index (χ1) is 13.5. The number of thioether (sulfide) groups is 1. The second-order valence-corrected chi connectivity index (χ2v) is 7.46. The highest BCUT2D eigenvalue weighted by molar-refractivity contribution is 8.26. The third kappa shape index (κ3) is 3.67. The summed E-state index contributed by atoms with van der Waals surface area (Å²) in [4.78, 5) is 27.3. The Morgan fingerprint density at radius 1 is 1.25 bits per heavy atom. The van der Waals surface area contributed by atoms with Crippen molar-refractivity contribution in [2.24, 2.45) is 0 Å². The molecule has 0 aliphatic carbocycles. The third-order valence-corrected chi connectivity index (χ3v) is 4.99. The van der Waals surface area contributed by atoms with Crippen molar-refractivity contribution >= 4 is 57.2 Å². The molecular formula is C20H10N2O4S2. The highest BCUT2D eigenvalue weighted by atomic mass is 32.2. The molecule has 0 saturated carbocycles. The first kappa shape index (κ1) is 18.0. The Balaban J connectivity index is 1.67. The van der Waals surface area contributed by atoms with Gasteiger partial charge in [-0.25, -0.2) is 4.79 Å². The number of aromatic carboxylic acids is 1. The lowest BCUT2D eigenvalue weighted by Crippen LogP contribution is -2.17. The average molecular weight is 406 g/mol. The molecule has 1 aliphatic rings. The number of amides is 1. The number of benzene rings is 1. The number of pyridine rings is 1. The molecule has 1 aliphatic heterocycles. The van der Waals surface area contributed by atoms with Crippen molar-refractivity contribution in [1.29, 1.82) is 0 Å². The van der Waals surface area contributed by atoms with Crippen LogP contribution in [-0.2, 0) is 4.79 Å². The van der Waals surface area contributed by atoms with Gasteiger partial charge in [0.05, 0.1) is 16.0 Å². The number of fused-ring (bicyclic) bond motifs is 1. The standard InChI is InChI=1S/C20H10N2O4S2/c23-18-16(28-20(27)22-18)8-15-7-14-10-21-9-13(17(14)26-15)6-3-11-1-4-12(5-2-11)19(24)25/h1-2,4-5,7-10H,(H,24,25)(H,22,23,27). The molecule has 8 heteroatoms. The van der Waals surface area contributed by atoms with E-state index in [1.165, 1.54) is 23.9 Å². The monoisotopic (exact) mass is 406 g/mol. The van der Waals surface area contributed by atoms with Crippen LogP contribution in [0.5, 0.6) is 0 Å². The molecule has 1 aromatic carbocycles. The Morgan fingerprint density at radius 2 is 2.04 bits per heavy atom. The number of aromatic nitrogens is 1. The van der Waals surface area contributed by atoms with Crippen molar-refractivity contribution in [1.82, 2.24) is 10.3 Å². The number of rotatable bonds is 2. The number of carboxylic acids is 1. The van der Waals surface area contributed by atoms with Gasteiger partial charge in [0.15, 0.2) is 5.58 Å². The van der Waals surface area contributed by atoms with E-state index >= 15 is 0 Å². The zero-order chi connectivity index (χ0) is 19.7. The first-order valence-electron chi connectivity index (χ1n) is 7.97. The Kier molecular flexibility index (Phi) is 4.69. The van der Waals surface area contributed by atoms with Gasteiger partial charge < -0.3 is 14.8 Å². The number of carbonyl (C=O) groups is 2. The minimum Gasteiger partial charge on any atom is -0.478 e. The van der Waals surface area contributed by atoms with Gasteiger partial charge in [0.2, 0.25) is 0 Å². The summed E-state index contributed by atoms with van der Waals surface area (Å²) in [6.45, 7) is 0. The number of nitrogens with one attached hydrogen (secondary N) is 1. The van der Waals surface area contributed by atoms with Gasteiger partial charge in [-0.15, -0.1) is 0 Å². The van der Waals surface area contributed by atoms with Crippen LogP contribution < -0.4 is 5.32 Å². The molecule has 0 radical (unpaired) electrons. The van der Waals surface area contributed by atoms with Gasteiger partial charge in [-0.1, -0.05) is 35.8 Å². The summed E-state index contributed by atoms with van der Waals surface area (Å²) in [6, 6.07) is 8.05. The highest BCUT2D eigenvalue weighted by Gasteiger charge is 2.22. The van der Waals surface area contributed by atoms with Crippen LogP contribution in [0, 0.1) is 11.8 Å². The SMILES string of the molecule is O=C1NC(=S)SC1=Cc1cc2cncc(C#Cc3ccc(C(=O)O)cc3)c2o1. The molecule has 136 valence electrons. The van der Waals surface area contributed by atoms with Gasteiger partial charge >= 0.3 is 5.97 Å². The maximum atomic E-state index is 11.8. The Bertz CT molecular complexity index is 1230. The largest absolute Gasteiger partial charge is 0.478 e. The topological polar surface area (TPSA) is 92.4 Å². The van der Waals surface area contributed by atoms with E-state index in [2.05, 4.69) is 22.1 Å². The molecule has 0 atom stereocenters. The molecule has 2 aromatic heterocycles. The number of hydrogen-bond donors (Lipinski definition) is 2. The summed E-state index contributed by atoms with van der Waals surface area (Å²) in [5, 5.41) is 12.3. The molecule has 1 fully saturated rings. The van der Waals surface area contributed by atoms with E-state index in [4.69, 9.17) is 21.7 Å². The van der Waals surface area contributed by atoms with E-state index in [9.17, 15) is 9.59 Å². The number of furan rings is 1. The Labute approximate surface area is 168 Å². The fourth-order valence-corrected chi connectivity index (χ4v) is 3.55. The van der Waals surface area contributed by atoms with Crippen LogP contribution in [0.2, 0.25) is 0 Å². The second-order valence-electron chi connectivity index (χ2n) is 5.74. The van der Waals surface area contributed by atoms with Crippen LogP contribution in [0.4, 0.5) is 0 Å². The molecule has 1 saturated heterocycles. The molecule has 0 unspecified atom stereocenters. The quantitative estimate of drug-likeness (QED) is 0.383. The molecule has 6 nitrogen and oxygen atoms in total. The van der Waals surface area contributed by atoms with Crippen LogP contribution >= 0.6 is 24.0 Å². The smallest absolute Gasteiger partial charge is 0.335 e. The van der Waals surface area contributed by atoms with E-state index in [1.807, 2.05) is 0 Å². The summed E-state index contributed by atoms with van der Waals surface area (Å²) >= 11 is 6.16. The van der Waals surface area contributed by atoms with Crippen molar-refractivity contribution in [3.05, 3.63) is 70.1 Å². The fraction of sp³-hybridized carbons (Fsp3) is 0. The van der Waals surface area contributed by atoms with E-state index in [0.717, 1.165) is 5.39 Å². The second kappa shape index (κ2) is 7.31. The molecular weight excluding hydrogens is 396 g/mol. The average Bonchev–Trinajstić information content (AvgIpc) is 3.22. The van der Waals surface area contributed by atoms with Crippen molar-refractivity contribution in [2.45, 2.75) is 0 Å². The number of thiocarbonyl (C=S) groups is 1. The van der Waals surface area contributed by atoms with Gasteiger partial charge in [0.25, 0.3) is 5.91 Å². The third-order valence-electron chi connectivity index (χ3n) is 3.83. The van der Waals surface area contributed by atoms with Crippen LogP contribution in [-0.4, -0.2) is 26.3 Å². The van der Waals surface area contributed by atoms with Crippen molar-refractivity contribution in [2.75, 3.05) is 0 Å². The predicted octanol–water partition coefficient (Wildman–Crippen LogP) is 3.41. The van der Waals surface area contributed by atoms with Crippen molar-refractivity contribution in [3.63, 3.8) is 0 Å². The van der Waals surface area contributed by atoms with Crippen molar-refractivity contribution in [3.8, 4) is 11.8 Å². The minimum atomic E-state index is -0.986. The lowest BCUT2D eigenvalue weighted by Gasteiger charge is -1.94. The molecule has 2 N–H and O–H groups in total. The number of carbonyl (C=O) groups excluding carboxylic acids is 1. The number of carboxylic acid groups (broad SMARTS) is 1. The van der Waals surface area contributed by atoms with E-state index < -0.39 is 5.97 Å².